The minimum atomic E-state index is -0.175. The summed E-state index contributed by atoms with van der Waals surface area (Å²) in [7, 11) is 2.12. The summed E-state index contributed by atoms with van der Waals surface area (Å²) in [5.41, 5.74) is 1.07. The molecule has 4 nitrogen and oxygen atoms in total. The van der Waals surface area contributed by atoms with E-state index >= 15 is 0 Å². The number of hydrogen-bond acceptors (Lipinski definition) is 4. The third kappa shape index (κ3) is 6.73. The molecule has 2 aromatic rings. The first-order chi connectivity index (χ1) is 14.7. The van der Waals surface area contributed by atoms with Gasteiger partial charge in [-0.15, -0.1) is 0 Å². The summed E-state index contributed by atoms with van der Waals surface area (Å²) in [6, 6.07) is 14.1. The standard InChI is InChI=1S/C26H37NO3/c1-3-4-11-18-27(2)19-23-16-17-24(30-23)20-29-26(28)25(21-12-7-5-8-13-21)22-14-9-6-10-15-22/h5,7-8,12-13,16-17,22,25H,3-4,6,9-11,14-15,18-20H2,1-2H3/t25-/m1/s1. The average molecular weight is 412 g/mol. The molecule has 1 aliphatic rings. The summed E-state index contributed by atoms with van der Waals surface area (Å²) in [6.07, 6.45) is 9.58. The first-order valence-electron chi connectivity index (χ1n) is 11.6. The number of unbranched alkanes of at least 4 members (excludes halogenated alkanes) is 2. The van der Waals surface area contributed by atoms with Crippen LogP contribution in [0.2, 0.25) is 0 Å². The van der Waals surface area contributed by atoms with Crippen molar-refractivity contribution in [3.8, 4) is 0 Å². The first-order valence-corrected chi connectivity index (χ1v) is 11.6. The van der Waals surface area contributed by atoms with Crippen LogP contribution in [0.3, 0.4) is 0 Å². The van der Waals surface area contributed by atoms with E-state index in [9.17, 15) is 4.79 Å². The lowest BCUT2D eigenvalue weighted by molar-refractivity contribution is -0.149. The molecule has 1 aliphatic carbocycles. The maximum Gasteiger partial charge on any atom is 0.314 e. The van der Waals surface area contributed by atoms with Crippen molar-refractivity contribution in [2.45, 2.75) is 77.4 Å². The molecule has 1 fully saturated rings. The molecule has 30 heavy (non-hydrogen) atoms. The van der Waals surface area contributed by atoms with Crippen LogP contribution >= 0.6 is 0 Å². The highest BCUT2D eigenvalue weighted by Crippen LogP contribution is 2.37. The molecule has 1 aromatic heterocycles. The van der Waals surface area contributed by atoms with Gasteiger partial charge in [0.05, 0.1) is 12.5 Å². The van der Waals surface area contributed by atoms with Gasteiger partial charge in [-0.3, -0.25) is 9.69 Å². The van der Waals surface area contributed by atoms with Gasteiger partial charge in [0.15, 0.2) is 0 Å². The summed E-state index contributed by atoms with van der Waals surface area (Å²) >= 11 is 0. The van der Waals surface area contributed by atoms with Crippen LogP contribution in [0, 0.1) is 5.92 Å². The largest absolute Gasteiger partial charge is 0.461 e. The molecule has 1 saturated carbocycles. The van der Waals surface area contributed by atoms with Crippen LogP contribution in [0.4, 0.5) is 0 Å². The van der Waals surface area contributed by atoms with Crippen LogP contribution in [-0.2, 0) is 22.7 Å². The zero-order valence-corrected chi connectivity index (χ0v) is 18.6. The van der Waals surface area contributed by atoms with E-state index in [2.05, 4.69) is 31.0 Å². The highest BCUT2D eigenvalue weighted by Gasteiger charge is 2.32. The third-order valence-electron chi connectivity index (χ3n) is 6.18. The van der Waals surface area contributed by atoms with E-state index in [1.54, 1.807) is 0 Å². The zero-order chi connectivity index (χ0) is 21.2. The molecule has 0 unspecified atom stereocenters. The van der Waals surface area contributed by atoms with Gasteiger partial charge in [-0.2, -0.15) is 0 Å². The number of esters is 1. The summed E-state index contributed by atoms with van der Waals surface area (Å²) in [5.74, 6) is 1.72. The van der Waals surface area contributed by atoms with Crippen molar-refractivity contribution < 1.29 is 13.9 Å². The molecule has 0 bridgehead atoms. The van der Waals surface area contributed by atoms with Crippen LogP contribution in [0.15, 0.2) is 46.9 Å². The maximum absolute atomic E-state index is 13.1. The highest BCUT2D eigenvalue weighted by atomic mass is 16.5. The van der Waals surface area contributed by atoms with Crippen LogP contribution in [-0.4, -0.2) is 24.5 Å². The van der Waals surface area contributed by atoms with Crippen molar-refractivity contribution >= 4 is 5.97 Å². The lowest BCUT2D eigenvalue weighted by Gasteiger charge is -2.29. The first kappa shape index (κ1) is 22.6. The van der Waals surface area contributed by atoms with Gasteiger partial charge in [-0.05, 0) is 56.5 Å². The van der Waals surface area contributed by atoms with Gasteiger partial charge >= 0.3 is 5.97 Å². The minimum Gasteiger partial charge on any atom is -0.461 e. The lowest BCUT2D eigenvalue weighted by atomic mass is 9.77. The maximum atomic E-state index is 13.1. The van der Waals surface area contributed by atoms with Crippen molar-refractivity contribution in [1.82, 2.24) is 4.90 Å². The SMILES string of the molecule is CCCCCN(C)Cc1ccc(COC(=O)[C@H](c2ccccc2)C2CCCCC2)o1. The van der Waals surface area contributed by atoms with Gasteiger partial charge in [0.2, 0.25) is 0 Å². The number of carbonyl (C=O) groups excluding carboxylic acids is 1. The normalized spacial score (nSPS) is 16.0. The van der Waals surface area contributed by atoms with Crippen molar-refractivity contribution in [3.05, 3.63) is 59.5 Å². The van der Waals surface area contributed by atoms with E-state index in [-0.39, 0.29) is 18.5 Å². The number of benzene rings is 1. The molecule has 0 aliphatic heterocycles. The van der Waals surface area contributed by atoms with Gasteiger partial charge < -0.3 is 9.15 Å². The van der Waals surface area contributed by atoms with Crippen LogP contribution in [0.25, 0.3) is 0 Å². The Labute approximate surface area is 181 Å². The predicted octanol–water partition coefficient (Wildman–Crippen LogP) is 6.31. The Morgan fingerprint density at radius 3 is 2.53 bits per heavy atom. The fourth-order valence-corrected chi connectivity index (χ4v) is 4.52. The number of rotatable bonds is 11. The molecule has 0 N–H and O–H groups in total. The smallest absolute Gasteiger partial charge is 0.314 e. The number of hydrogen-bond donors (Lipinski definition) is 0. The second-order valence-corrected chi connectivity index (χ2v) is 8.71. The average Bonchev–Trinajstić information content (AvgIpc) is 3.21. The molecular formula is C26H37NO3. The molecule has 0 saturated heterocycles. The van der Waals surface area contributed by atoms with Gasteiger partial charge in [-0.1, -0.05) is 69.4 Å². The van der Waals surface area contributed by atoms with Crippen molar-refractivity contribution in [1.29, 1.82) is 0 Å². The van der Waals surface area contributed by atoms with Gasteiger partial charge in [0.1, 0.15) is 18.1 Å². The minimum absolute atomic E-state index is 0.122. The van der Waals surface area contributed by atoms with E-state index in [0.29, 0.717) is 5.92 Å². The summed E-state index contributed by atoms with van der Waals surface area (Å²) in [4.78, 5) is 15.4. The molecule has 0 radical (unpaired) electrons. The second-order valence-electron chi connectivity index (χ2n) is 8.71. The molecule has 1 heterocycles. The predicted molar refractivity (Wildman–Crippen MR) is 120 cm³/mol. The van der Waals surface area contributed by atoms with Gasteiger partial charge in [-0.25, -0.2) is 0 Å². The summed E-state index contributed by atoms with van der Waals surface area (Å²) in [6.45, 7) is 4.27. The fourth-order valence-electron chi connectivity index (χ4n) is 4.52. The molecule has 164 valence electrons. The molecule has 0 spiro atoms. The Bertz CT molecular complexity index is 749. The topological polar surface area (TPSA) is 42.7 Å². The Balaban J connectivity index is 1.56. The summed E-state index contributed by atoms with van der Waals surface area (Å²) in [5, 5.41) is 0. The van der Waals surface area contributed by atoms with Gasteiger partial charge in [0.25, 0.3) is 0 Å². The Morgan fingerprint density at radius 2 is 1.80 bits per heavy atom. The van der Waals surface area contributed by atoms with Crippen molar-refractivity contribution in [2.75, 3.05) is 13.6 Å². The van der Waals surface area contributed by atoms with Crippen LogP contribution in [0.5, 0.6) is 0 Å². The van der Waals surface area contributed by atoms with Crippen LogP contribution < -0.4 is 0 Å². The van der Waals surface area contributed by atoms with E-state index in [0.717, 1.165) is 43.0 Å². The molecule has 0 amide bonds. The Kier molecular flexibility index (Phi) is 9.00. The molecule has 1 atom stereocenters. The number of nitrogens with zero attached hydrogens (tertiary/aromatic N) is 1. The van der Waals surface area contributed by atoms with Gasteiger partial charge in [0, 0.05) is 0 Å². The molecule has 4 heteroatoms. The van der Waals surface area contributed by atoms with Crippen molar-refractivity contribution in [3.63, 3.8) is 0 Å². The van der Waals surface area contributed by atoms with Crippen molar-refractivity contribution in [2.24, 2.45) is 5.92 Å². The van der Waals surface area contributed by atoms with E-state index in [4.69, 9.17) is 9.15 Å². The molecule has 3 rings (SSSR count). The fraction of sp³-hybridized carbons (Fsp3) is 0.577. The number of furan rings is 1. The Hall–Kier alpha value is -2.07. The Morgan fingerprint density at radius 1 is 1.07 bits per heavy atom. The van der Waals surface area contributed by atoms with Crippen LogP contribution in [0.1, 0.15) is 81.3 Å². The number of ether oxygens (including phenoxy) is 1. The second kappa shape index (κ2) is 11.9. The number of carbonyl (C=O) groups is 1. The lowest BCUT2D eigenvalue weighted by Crippen LogP contribution is -2.25. The van der Waals surface area contributed by atoms with E-state index < -0.39 is 0 Å². The zero-order valence-electron chi connectivity index (χ0n) is 18.6. The molecular weight excluding hydrogens is 374 g/mol. The quantitative estimate of drug-likeness (QED) is 0.321. The monoisotopic (exact) mass is 411 g/mol. The third-order valence-corrected chi connectivity index (χ3v) is 6.18. The molecule has 1 aromatic carbocycles. The van der Waals surface area contributed by atoms with E-state index in [1.807, 2.05) is 30.3 Å². The highest BCUT2D eigenvalue weighted by molar-refractivity contribution is 5.78. The van der Waals surface area contributed by atoms with E-state index in [1.165, 1.54) is 38.5 Å². The summed E-state index contributed by atoms with van der Waals surface area (Å²) < 4.78 is 11.7.